The van der Waals surface area contributed by atoms with Crippen molar-refractivity contribution in [3.05, 3.63) is 36.2 Å². The number of fused-ring (bicyclic) bond motifs is 1. The molecule has 0 bridgehead atoms. The Hall–Kier alpha value is -1.76. The lowest BCUT2D eigenvalue weighted by Crippen LogP contribution is -2.15. The molecule has 0 saturated heterocycles. The zero-order valence-electron chi connectivity index (χ0n) is 9.41. The lowest BCUT2D eigenvalue weighted by Gasteiger charge is -1.98. The van der Waals surface area contributed by atoms with Crippen LogP contribution in [0.4, 0.5) is 0 Å². The summed E-state index contributed by atoms with van der Waals surface area (Å²) in [6.45, 7) is -0.203. The summed E-state index contributed by atoms with van der Waals surface area (Å²) in [6.07, 6.45) is 0. The summed E-state index contributed by atoms with van der Waals surface area (Å²) >= 11 is 1.58. The summed E-state index contributed by atoms with van der Waals surface area (Å²) < 4.78 is 6.33. The average molecular weight is 261 g/mol. The highest BCUT2D eigenvalue weighted by atomic mass is 32.1. The minimum Gasteiger partial charge on any atom is -0.394 e. The first-order valence-corrected chi connectivity index (χ1v) is 6.28. The van der Waals surface area contributed by atoms with E-state index in [2.05, 4.69) is 10.1 Å². The van der Waals surface area contributed by atoms with Gasteiger partial charge in [0.25, 0.3) is 5.89 Å². The number of benzene rings is 1. The Morgan fingerprint density at radius 3 is 3.00 bits per heavy atom. The molecular formula is C12H11N3O2S. The molecule has 6 heteroatoms. The van der Waals surface area contributed by atoms with E-state index in [9.17, 15) is 0 Å². The van der Waals surface area contributed by atoms with E-state index in [0.29, 0.717) is 11.7 Å². The van der Waals surface area contributed by atoms with E-state index in [1.807, 2.05) is 30.3 Å². The van der Waals surface area contributed by atoms with Crippen LogP contribution < -0.4 is 5.73 Å². The van der Waals surface area contributed by atoms with Crippen molar-refractivity contribution >= 4 is 21.4 Å². The van der Waals surface area contributed by atoms with Crippen molar-refractivity contribution in [3.8, 4) is 10.8 Å². The second-order valence-electron chi connectivity index (χ2n) is 3.90. The van der Waals surface area contributed by atoms with E-state index >= 15 is 0 Å². The minimum atomic E-state index is -0.600. The van der Waals surface area contributed by atoms with Gasteiger partial charge in [-0.05, 0) is 17.5 Å². The van der Waals surface area contributed by atoms with Gasteiger partial charge in [0.05, 0.1) is 17.5 Å². The molecule has 5 nitrogen and oxygen atoms in total. The fourth-order valence-electron chi connectivity index (χ4n) is 1.65. The zero-order chi connectivity index (χ0) is 12.5. The molecule has 0 radical (unpaired) electrons. The number of thiophene rings is 1. The van der Waals surface area contributed by atoms with Gasteiger partial charge in [-0.2, -0.15) is 4.98 Å². The number of aliphatic hydroxyl groups excluding tert-OH is 1. The number of aromatic nitrogens is 2. The maximum Gasteiger partial charge on any atom is 0.268 e. The molecule has 0 saturated carbocycles. The smallest absolute Gasteiger partial charge is 0.268 e. The Kier molecular flexibility index (Phi) is 2.83. The molecule has 2 heterocycles. The van der Waals surface area contributed by atoms with Crippen LogP contribution >= 0.6 is 11.3 Å². The average Bonchev–Trinajstić information content (AvgIpc) is 3.03. The standard InChI is InChI=1S/C12H11N3O2S/c13-8(6-16)11-14-12(17-15-11)10-5-7-3-1-2-4-9(7)18-10/h1-5,8,16H,6,13H2. The number of rotatable bonds is 3. The molecule has 1 atom stereocenters. The van der Waals surface area contributed by atoms with E-state index in [1.54, 1.807) is 11.3 Å². The number of hydrogen-bond donors (Lipinski definition) is 2. The van der Waals surface area contributed by atoms with Gasteiger partial charge in [0, 0.05) is 4.70 Å². The lowest BCUT2D eigenvalue weighted by molar-refractivity contribution is 0.260. The summed E-state index contributed by atoms with van der Waals surface area (Å²) in [6, 6.07) is 9.45. The largest absolute Gasteiger partial charge is 0.394 e. The van der Waals surface area contributed by atoms with Gasteiger partial charge in [-0.1, -0.05) is 23.4 Å². The van der Waals surface area contributed by atoms with Crippen LogP contribution in [0.3, 0.4) is 0 Å². The van der Waals surface area contributed by atoms with Crippen LogP contribution in [-0.2, 0) is 0 Å². The fraction of sp³-hybridized carbons (Fsp3) is 0.167. The Morgan fingerprint density at radius 2 is 2.22 bits per heavy atom. The first kappa shape index (κ1) is 11.3. The summed E-state index contributed by atoms with van der Waals surface area (Å²) in [4.78, 5) is 5.10. The molecule has 2 aromatic heterocycles. The van der Waals surface area contributed by atoms with Crippen LogP contribution in [-0.4, -0.2) is 21.9 Å². The summed E-state index contributed by atoms with van der Waals surface area (Å²) in [5, 5.41) is 13.8. The lowest BCUT2D eigenvalue weighted by atomic mass is 10.2. The van der Waals surface area contributed by atoms with Crippen molar-refractivity contribution in [2.24, 2.45) is 5.73 Å². The third-order valence-corrected chi connectivity index (χ3v) is 3.71. The van der Waals surface area contributed by atoms with Crippen LogP contribution in [0.2, 0.25) is 0 Å². The van der Waals surface area contributed by atoms with Crippen LogP contribution in [0.15, 0.2) is 34.9 Å². The Balaban J connectivity index is 2.01. The van der Waals surface area contributed by atoms with Crippen molar-refractivity contribution in [3.63, 3.8) is 0 Å². The fourth-order valence-corrected chi connectivity index (χ4v) is 2.64. The van der Waals surface area contributed by atoms with E-state index in [-0.39, 0.29) is 6.61 Å². The predicted molar refractivity (Wildman–Crippen MR) is 69.1 cm³/mol. The number of nitrogens with two attached hydrogens (primary N) is 1. The number of aliphatic hydroxyl groups is 1. The maximum atomic E-state index is 8.94. The number of hydrogen-bond acceptors (Lipinski definition) is 6. The molecule has 3 aromatic rings. The molecule has 0 amide bonds. The van der Waals surface area contributed by atoms with Crippen LogP contribution in [0.5, 0.6) is 0 Å². The van der Waals surface area contributed by atoms with E-state index in [4.69, 9.17) is 15.4 Å². The molecule has 3 N–H and O–H groups in total. The van der Waals surface area contributed by atoms with Crippen molar-refractivity contribution in [2.75, 3.05) is 6.61 Å². The van der Waals surface area contributed by atoms with Gasteiger partial charge in [0.15, 0.2) is 5.82 Å². The van der Waals surface area contributed by atoms with Crippen molar-refractivity contribution in [1.29, 1.82) is 0 Å². The first-order chi connectivity index (χ1) is 8.78. The van der Waals surface area contributed by atoms with E-state index in [0.717, 1.165) is 10.3 Å². The van der Waals surface area contributed by atoms with Gasteiger partial charge < -0.3 is 15.4 Å². The molecule has 1 unspecified atom stereocenters. The van der Waals surface area contributed by atoms with Gasteiger partial charge in [0.2, 0.25) is 0 Å². The first-order valence-electron chi connectivity index (χ1n) is 5.47. The summed E-state index contributed by atoms with van der Waals surface area (Å²) in [5.74, 6) is 0.764. The van der Waals surface area contributed by atoms with Gasteiger partial charge in [-0.15, -0.1) is 11.3 Å². The normalized spacial score (nSPS) is 13.0. The topological polar surface area (TPSA) is 85.2 Å². The molecular weight excluding hydrogens is 250 g/mol. The molecule has 0 fully saturated rings. The van der Waals surface area contributed by atoms with Gasteiger partial charge in [-0.3, -0.25) is 0 Å². The molecule has 0 aliphatic rings. The predicted octanol–water partition coefficient (Wildman–Crippen LogP) is 1.94. The van der Waals surface area contributed by atoms with Crippen LogP contribution in [0.1, 0.15) is 11.9 Å². The summed E-state index contributed by atoms with van der Waals surface area (Å²) in [5.41, 5.74) is 5.63. The monoisotopic (exact) mass is 261 g/mol. The zero-order valence-corrected chi connectivity index (χ0v) is 10.2. The second kappa shape index (κ2) is 4.49. The SMILES string of the molecule is NC(CO)c1noc(-c2cc3ccccc3s2)n1. The Bertz CT molecular complexity index is 644. The van der Waals surface area contributed by atoms with Crippen LogP contribution in [0.25, 0.3) is 20.9 Å². The van der Waals surface area contributed by atoms with Crippen LogP contribution in [0, 0.1) is 0 Å². The molecule has 18 heavy (non-hydrogen) atoms. The molecule has 0 aliphatic carbocycles. The third kappa shape index (κ3) is 1.90. The highest BCUT2D eigenvalue weighted by Gasteiger charge is 2.15. The van der Waals surface area contributed by atoms with Gasteiger partial charge >= 0.3 is 0 Å². The van der Waals surface area contributed by atoms with Gasteiger partial charge in [0.1, 0.15) is 0 Å². The molecule has 0 spiro atoms. The van der Waals surface area contributed by atoms with Crippen molar-refractivity contribution in [1.82, 2.24) is 10.1 Å². The molecule has 0 aliphatic heterocycles. The number of nitrogens with zero attached hydrogens (tertiary/aromatic N) is 2. The minimum absolute atomic E-state index is 0.203. The third-order valence-electron chi connectivity index (χ3n) is 2.61. The van der Waals surface area contributed by atoms with Crippen molar-refractivity contribution in [2.45, 2.75) is 6.04 Å². The molecule has 3 rings (SSSR count). The van der Waals surface area contributed by atoms with Crippen molar-refractivity contribution < 1.29 is 9.63 Å². The van der Waals surface area contributed by atoms with E-state index < -0.39 is 6.04 Å². The van der Waals surface area contributed by atoms with E-state index in [1.165, 1.54) is 4.70 Å². The quantitative estimate of drug-likeness (QED) is 0.752. The van der Waals surface area contributed by atoms with Gasteiger partial charge in [-0.25, -0.2) is 0 Å². The Morgan fingerprint density at radius 1 is 1.39 bits per heavy atom. The summed E-state index contributed by atoms with van der Waals surface area (Å²) in [7, 11) is 0. The highest BCUT2D eigenvalue weighted by Crippen LogP contribution is 2.32. The second-order valence-corrected chi connectivity index (χ2v) is 4.98. The molecule has 92 valence electrons. The highest BCUT2D eigenvalue weighted by molar-refractivity contribution is 7.22. The maximum absolute atomic E-state index is 8.94. The Labute approximate surface area is 107 Å². The molecule has 1 aromatic carbocycles.